The van der Waals surface area contributed by atoms with E-state index >= 15 is 0 Å². The van der Waals surface area contributed by atoms with Gasteiger partial charge < -0.3 is 9.63 Å². The quantitative estimate of drug-likeness (QED) is 0.802. The summed E-state index contributed by atoms with van der Waals surface area (Å²) in [5, 5.41) is 15.2. The van der Waals surface area contributed by atoms with Crippen molar-refractivity contribution in [3.8, 4) is 11.5 Å². The lowest BCUT2D eigenvalue weighted by molar-refractivity contribution is -0.139. The highest BCUT2D eigenvalue weighted by atomic mass is 16.5. The molecule has 0 aliphatic rings. The number of rotatable bonds is 5. The average Bonchev–Trinajstić information content (AvgIpc) is 2.85. The van der Waals surface area contributed by atoms with E-state index < -0.39 is 12.0 Å². The van der Waals surface area contributed by atoms with Crippen molar-refractivity contribution in [3.63, 3.8) is 0 Å². The fourth-order valence-corrected chi connectivity index (χ4v) is 1.25. The fraction of sp³-hybridized carbons (Fsp3) is 0.273. The van der Waals surface area contributed by atoms with Crippen molar-refractivity contribution in [1.29, 1.82) is 0 Å². The van der Waals surface area contributed by atoms with Crippen molar-refractivity contribution < 1.29 is 14.4 Å². The van der Waals surface area contributed by atoms with Crippen LogP contribution in [0.5, 0.6) is 0 Å². The van der Waals surface area contributed by atoms with Crippen LogP contribution in [0.25, 0.3) is 11.5 Å². The third-order valence-electron chi connectivity index (χ3n) is 2.29. The molecule has 2 N–H and O–H groups in total. The smallest absolute Gasteiger partial charge is 0.320 e. The second-order valence-corrected chi connectivity index (χ2v) is 3.67. The number of aromatic nitrogens is 3. The Morgan fingerprint density at radius 2 is 2.39 bits per heavy atom. The van der Waals surface area contributed by atoms with Crippen molar-refractivity contribution in [1.82, 2.24) is 20.4 Å². The highest BCUT2D eigenvalue weighted by Gasteiger charge is 2.13. The molecule has 0 amide bonds. The van der Waals surface area contributed by atoms with Crippen LogP contribution < -0.4 is 5.32 Å². The van der Waals surface area contributed by atoms with Crippen molar-refractivity contribution in [2.45, 2.75) is 19.5 Å². The summed E-state index contributed by atoms with van der Waals surface area (Å²) in [5.74, 6) is -0.224. The summed E-state index contributed by atoms with van der Waals surface area (Å²) in [6.07, 6.45) is 1.64. The molecule has 0 aromatic carbocycles. The molecule has 1 atom stereocenters. The third-order valence-corrected chi connectivity index (χ3v) is 2.29. The summed E-state index contributed by atoms with van der Waals surface area (Å²) in [4.78, 5) is 18.8. The van der Waals surface area contributed by atoms with Crippen LogP contribution in [0.4, 0.5) is 0 Å². The van der Waals surface area contributed by atoms with Crippen molar-refractivity contribution >= 4 is 5.97 Å². The number of nitrogens with zero attached hydrogens (tertiary/aromatic N) is 3. The van der Waals surface area contributed by atoms with Gasteiger partial charge in [0.1, 0.15) is 11.7 Å². The molecule has 7 nitrogen and oxygen atoms in total. The average molecular weight is 248 g/mol. The van der Waals surface area contributed by atoms with Gasteiger partial charge in [0.25, 0.3) is 0 Å². The number of hydrogen-bond donors (Lipinski definition) is 2. The Morgan fingerprint density at radius 3 is 3.06 bits per heavy atom. The van der Waals surface area contributed by atoms with Gasteiger partial charge in [-0.3, -0.25) is 15.1 Å². The van der Waals surface area contributed by atoms with E-state index in [1.807, 2.05) is 6.07 Å². The van der Waals surface area contributed by atoms with Crippen molar-refractivity contribution in [3.05, 3.63) is 30.3 Å². The number of aliphatic carboxylic acids is 1. The lowest BCUT2D eigenvalue weighted by Crippen LogP contribution is -2.33. The molecule has 2 aromatic heterocycles. The Bertz CT molecular complexity index is 526. The zero-order valence-corrected chi connectivity index (χ0v) is 9.70. The number of carboxylic acid groups (broad SMARTS) is 1. The maximum atomic E-state index is 10.6. The van der Waals surface area contributed by atoms with E-state index in [0.717, 1.165) is 0 Å². The molecule has 1 unspecified atom stereocenters. The zero-order valence-electron chi connectivity index (χ0n) is 9.70. The fourth-order valence-electron chi connectivity index (χ4n) is 1.25. The Kier molecular flexibility index (Phi) is 3.63. The van der Waals surface area contributed by atoms with Crippen LogP contribution in [0, 0.1) is 0 Å². The highest BCUT2D eigenvalue weighted by Crippen LogP contribution is 2.11. The van der Waals surface area contributed by atoms with E-state index in [1.165, 1.54) is 0 Å². The lowest BCUT2D eigenvalue weighted by atomic mass is 10.3. The van der Waals surface area contributed by atoms with Gasteiger partial charge in [-0.2, -0.15) is 4.98 Å². The summed E-state index contributed by atoms with van der Waals surface area (Å²) in [6, 6.07) is 4.71. The van der Waals surface area contributed by atoms with E-state index in [0.29, 0.717) is 17.4 Å². The van der Waals surface area contributed by atoms with E-state index in [9.17, 15) is 4.79 Å². The molecule has 0 fully saturated rings. The van der Waals surface area contributed by atoms with Crippen molar-refractivity contribution in [2.75, 3.05) is 0 Å². The summed E-state index contributed by atoms with van der Waals surface area (Å²) in [7, 11) is 0. The molecular formula is C11H12N4O3. The summed E-state index contributed by atoms with van der Waals surface area (Å²) in [5.41, 5.74) is 0.610. The number of carbonyl (C=O) groups is 1. The molecule has 0 bridgehead atoms. The van der Waals surface area contributed by atoms with E-state index in [-0.39, 0.29) is 6.54 Å². The minimum absolute atomic E-state index is 0.202. The van der Waals surface area contributed by atoms with Gasteiger partial charge in [0, 0.05) is 6.20 Å². The first-order valence-electron chi connectivity index (χ1n) is 5.37. The van der Waals surface area contributed by atoms with Gasteiger partial charge in [0.15, 0.2) is 0 Å². The normalized spacial score (nSPS) is 12.3. The first-order valence-corrected chi connectivity index (χ1v) is 5.37. The molecule has 0 aliphatic heterocycles. The predicted octanol–water partition coefficient (Wildman–Crippen LogP) is 0.694. The Hall–Kier alpha value is -2.28. The number of pyridine rings is 1. The summed E-state index contributed by atoms with van der Waals surface area (Å²) < 4.78 is 4.99. The number of nitrogens with one attached hydrogen (secondary N) is 1. The zero-order chi connectivity index (χ0) is 13.0. The van der Waals surface area contributed by atoms with Crippen molar-refractivity contribution in [2.24, 2.45) is 0 Å². The Labute approximate surface area is 103 Å². The first kappa shape index (κ1) is 12.2. The molecule has 2 heterocycles. The molecule has 94 valence electrons. The minimum Gasteiger partial charge on any atom is -0.480 e. The molecule has 18 heavy (non-hydrogen) atoms. The standard InChI is InChI=1S/C11H12N4O3/c1-7(11(16)17)13-6-9-14-10(15-18-9)8-4-2-3-5-12-8/h2-5,7,13H,6H2,1H3,(H,16,17). The molecule has 0 saturated heterocycles. The second-order valence-electron chi connectivity index (χ2n) is 3.67. The van der Waals surface area contributed by atoms with Gasteiger partial charge >= 0.3 is 5.97 Å². The molecular weight excluding hydrogens is 236 g/mol. The van der Waals surface area contributed by atoms with Crippen LogP contribution in [0.15, 0.2) is 28.9 Å². The van der Waals surface area contributed by atoms with Crippen LogP contribution in [0.2, 0.25) is 0 Å². The van der Waals surface area contributed by atoms with Gasteiger partial charge in [0.05, 0.1) is 6.54 Å². The predicted molar refractivity (Wildman–Crippen MR) is 61.5 cm³/mol. The Balaban J connectivity index is 2.01. The Morgan fingerprint density at radius 1 is 1.56 bits per heavy atom. The van der Waals surface area contributed by atoms with Crippen LogP contribution in [0.3, 0.4) is 0 Å². The largest absolute Gasteiger partial charge is 0.480 e. The van der Waals surface area contributed by atoms with Gasteiger partial charge in [-0.1, -0.05) is 11.2 Å². The first-order chi connectivity index (χ1) is 8.66. The molecule has 0 saturated carbocycles. The molecule has 7 heteroatoms. The van der Waals surface area contributed by atoms with Gasteiger partial charge in [0.2, 0.25) is 11.7 Å². The molecule has 2 aromatic rings. The molecule has 0 spiro atoms. The highest BCUT2D eigenvalue weighted by molar-refractivity contribution is 5.72. The van der Waals surface area contributed by atoms with E-state index in [2.05, 4.69) is 20.4 Å². The van der Waals surface area contributed by atoms with Gasteiger partial charge in [-0.15, -0.1) is 0 Å². The van der Waals surface area contributed by atoms with Gasteiger partial charge in [-0.05, 0) is 19.1 Å². The van der Waals surface area contributed by atoms with Crippen LogP contribution in [-0.2, 0) is 11.3 Å². The van der Waals surface area contributed by atoms with E-state index in [4.69, 9.17) is 9.63 Å². The topological polar surface area (TPSA) is 101 Å². The van der Waals surface area contributed by atoms with Crippen LogP contribution in [0.1, 0.15) is 12.8 Å². The minimum atomic E-state index is -0.931. The van der Waals surface area contributed by atoms with Crippen LogP contribution >= 0.6 is 0 Å². The maximum absolute atomic E-state index is 10.6. The number of carboxylic acids is 1. The second kappa shape index (κ2) is 5.37. The molecule has 2 rings (SSSR count). The SMILES string of the molecule is CC(NCc1nc(-c2ccccn2)no1)C(=O)O. The monoisotopic (exact) mass is 248 g/mol. The number of hydrogen-bond acceptors (Lipinski definition) is 6. The maximum Gasteiger partial charge on any atom is 0.320 e. The lowest BCUT2D eigenvalue weighted by Gasteiger charge is -2.04. The van der Waals surface area contributed by atoms with Gasteiger partial charge in [-0.25, -0.2) is 0 Å². The summed E-state index contributed by atoms with van der Waals surface area (Å²) >= 11 is 0. The summed E-state index contributed by atoms with van der Waals surface area (Å²) in [6.45, 7) is 1.74. The third kappa shape index (κ3) is 2.89. The molecule has 0 aliphatic carbocycles. The molecule has 0 radical (unpaired) electrons. The van der Waals surface area contributed by atoms with E-state index in [1.54, 1.807) is 25.3 Å². The van der Waals surface area contributed by atoms with Crippen LogP contribution in [-0.4, -0.2) is 32.2 Å².